The van der Waals surface area contributed by atoms with Gasteiger partial charge in [-0.1, -0.05) is 18.2 Å². The standard InChI is InChI=1S/C14H15FN2OS/c1-9(12-4-2-3-5-13(12)15)17-7-11-6-10(8-19-11)14(16)18/h2-6,8-9,17H,7H2,1H3,(H2,16,18)/t9-/m1/s1. The van der Waals surface area contributed by atoms with E-state index in [9.17, 15) is 9.18 Å². The summed E-state index contributed by atoms with van der Waals surface area (Å²) in [5, 5.41) is 4.96. The molecule has 1 amide bonds. The number of carbonyl (C=O) groups is 1. The molecule has 0 aliphatic carbocycles. The molecule has 2 aromatic rings. The van der Waals surface area contributed by atoms with Gasteiger partial charge in [0.05, 0.1) is 5.56 Å². The number of hydrogen-bond acceptors (Lipinski definition) is 3. The highest BCUT2D eigenvalue weighted by Crippen LogP contribution is 2.19. The minimum absolute atomic E-state index is 0.0969. The number of hydrogen-bond donors (Lipinski definition) is 2. The number of thiophene rings is 1. The summed E-state index contributed by atoms with van der Waals surface area (Å²) in [5.41, 5.74) is 6.34. The Kier molecular flexibility index (Phi) is 4.29. The van der Waals surface area contributed by atoms with Gasteiger partial charge in [0.2, 0.25) is 5.91 Å². The monoisotopic (exact) mass is 278 g/mol. The molecule has 3 nitrogen and oxygen atoms in total. The van der Waals surface area contributed by atoms with E-state index in [1.165, 1.54) is 17.4 Å². The van der Waals surface area contributed by atoms with E-state index >= 15 is 0 Å². The Labute approximate surface area is 115 Å². The molecule has 1 aromatic heterocycles. The molecule has 0 aliphatic heterocycles. The molecule has 0 bridgehead atoms. The number of primary amides is 1. The largest absolute Gasteiger partial charge is 0.366 e. The number of amides is 1. The third-order valence-electron chi connectivity index (χ3n) is 2.89. The molecule has 0 saturated heterocycles. The van der Waals surface area contributed by atoms with Crippen molar-refractivity contribution in [3.63, 3.8) is 0 Å². The van der Waals surface area contributed by atoms with Gasteiger partial charge in [0.1, 0.15) is 5.82 Å². The maximum absolute atomic E-state index is 13.6. The summed E-state index contributed by atoms with van der Waals surface area (Å²) in [5.74, 6) is -0.642. The quantitative estimate of drug-likeness (QED) is 0.883. The van der Waals surface area contributed by atoms with Crippen molar-refractivity contribution >= 4 is 17.2 Å². The van der Waals surface area contributed by atoms with Crippen LogP contribution in [-0.2, 0) is 6.54 Å². The Balaban J connectivity index is 1.98. The van der Waals surface area contributed by atoms with Crippen LogP contribution in [-0.4, -0.2) is 5.91 Å². The number of rotatable bonds is 5. The summed E-state index contributed by atoms with van der Waals surface area (Å²) in [6, 6.07) is 8.35. The van der Waals surface area contributed by atoms with Crippen molar-refractivity contribution in [3.05, 3.63) is 57.5 Å². The van der Waals surface area contributed by atoms with Gasteiger partial charge in [0.25, 0.3) is 0 Å². The first kappa shape index (κ1) is 13.7. The summed E-state index contributed by atoms with van der Waals surface area (Å²) < 4.78 is 13.6. The minimum atomic E-state index is -0.426. The van der Waals surface area contributed by atoms with Gasteiger partial charge in [0, 0.05) is 28.4 Å². The zero-order valence-corrected chi connectivity index (χ0v) is 11.3. The molecule has 0 spiro atoms. The van der Waals surface area contributed by atoms with Gasteiger partial charge in [-0.2, -0.15) is 0 Å². The summed E-state index contributed by atoms with van der Waals surface area (Å²) in [6.45, 7) is 2.48. The Bertz CT molecular complexity index is 582. The lowest BCUT2D eigenvalue weighted by molar-refractivity contribution is 0.100. The Hall–Kier alpha value is -1.72. The predicted molar refractivity (Wildman–Crippen MR) is 74.5 cm³/mol. The lowest BCUT2D eigenvalue weighted by Crippen LogP contribution is -2.18. The number of nitrogens with one attached hydrogen (secondary N) is 1. The SMILES string of the molecule is C[C@@H](NCc1cc(C(N)=O)cs1)c1ccccc1F. The fourth-order valence-corrected chi connectivity index (χ4v) is 2.62. The third kappa shape index (κ3) is 3.39. The van der Waals surface area contributed by atoms with E-state index in [0.29, 0.717) is 17.7 Å². The van der Waals surface area contributed by atoms with Crippen LogP contribution < -0.4 is 11.1 Å². The van der Waals surface area contributed by atoms with Crippen molar-refractivity contribution in [3.8, 4) is 0 Å². The lowest BCUT2D eigenvalue weighted by Gasteiger charge is -2.14. The predicted octanol–water partition coefficient (Wildman–Crippen LogP) is 2.84. The second-order valence-corrected chi connectivity index (χ2v) is 5.29. The average Bonchev–Trinajstić information content (AvgIpc) is 2.85. The van der Waals surface area contributed by atoms with Crippen LogP contribution in [0.3, 0.4) is 0 Å². The van der Waals surface area contributed by atoms with Gasteiger partial charge in [0.15, 0.2) is 0 Å². The second-order valence-electron chi connectivity index (χ2n) is 4.29. The first-order valence-corrected chi connectivity index (χ1v) is 6.81. The Morgan fingerprint density at radius 2 is 2.21 bits per heavy atom. The zero-order valence-electron chi connectivity index (χ0n) is 10.5. The van der Waals surface area contributed by atoms with Gasteiger partial charge in [-0.3, -0.25) is 4.79 Å². The molecular weight excluding hydrogens is 263 g/mol. The van der Waals surface area contributed by atoms with Crippen LogP contribution in [0.15, 0.2) is 35.7 Å². The smallest absolute Gasteiger partial charge is 0.249 e. The number of halogens is 1. The van der Waals surface area contributed by atoms with E-state index in [0.717, 1.165) is 4.88 Å². The van der Waals surface area contributed by atoms with Crippen LogP contribution in [0.1, 0.15) is 33.8 Å². The highest BCUT2D eigenvalue weighted by molar-refractivity contribution is 7.10. The molecule has 0 radical (unpaired) electrons. The van der Waals surface area contributed by atoms with Crippen LogP contribution in [0.4, 0.5) is 4.39 Å². The summed E-state index contributed by atoms with van der Waals surface area (Å²) in [4.78, 5) is 12.0. The molecule has 0 unspecified atom stereocenters. The van der Waals surface area contributed by atoms with Crippen molar-refractivity contribution < 1.29 is 9.18 Å². The molecule has 2 rings (SSSR count). The molecule has 1 atom stereocenters. The topological polar surface area (TPSA) is 55.1 Å². The Morgan fingerprint density at radius 3 is 2.84 bits per heavy atom. The lowest BCUT2D eigenvalue weighted by atomic mass is 10.1. The molecule has 5 heteroatoms. The third-order valence-corrected chi connectivity index (χ3v) is 3.83. The summed E-state index contributed by atoms with van der Waals surface area (Å²) in [7, 11) is 0. The Morgan fingerprint density at radius 1 is 1.47 bits per heavy atom. The fourth-order valence-electron chi connectivity index (χ4n) is 1.79. The maximum atomic E-state index is 13.6. The molecule has 1 aromatic carbocycles. The normalized spacial score (nSPS) is 12.3. The summed E-state index contributed by atoms with van der Waals surface area (Å²) >= 11 is 1.46. The molecule has 0 fully saturated rings. The second kappa shape index (κ2) is 5.95. The van der Waals surface area contributed by atoms with E-state index in [1.54, 1.807) is 23.6 Å². The molecule has 0 saturated carbocycles. The zero-order chi connectivity index (χ0) is 13.8. The van der Waals surface area contributed by atoms with E-state index in [-0.39, 0.29) is 11.9 Å². The van der Waals surface area contributed by atoms with Crippen molar-refractivity contribution in [1.82, 2.24) is 5.32 Å². The first-order valence-electron chi connectivity index (χ1n) is 5.93. The number of benzene rings is 1. The minimum Gasteiger partial charge on any atom is -0.366 e. The molecule has 100 valence electrons. The van der Waals surface area contributed by atoms with Gasteiger partial charge in [-0.15, -0.1) is 11.3 Å². The van der Waals surface area contributed by atoms with Gasteiger partial charge in [-0.05, 0) is 19.1 Å². The highest BCUT2D eigenvalue weighted by atomic mass is 32.1. The van der Waals surface area contributed by atoms with E-state index in [2.05, 4.69) is 5.32 Å². The van der Waals surface area contributed by atoms with Crippen LogP contribution in [0, 0.1) is 5.82 Å². The van der Waals surface area contributed by atoms with Crippen LogP contribution in [0.25, 0.3) is 0 Å². The van der Waals surface area contributed by atoms with Crippen molar-refractivity contribution in [1.29, 1.82) is 0 Å². The van der Waals surface area contributed by atoms with Crippen LogP contribution >= 0.6 is 11.3 Å². The van der Waals surface area contributed by atoms with E-state index < -0.39 is 5.91 Å². The molecule has 3 N–H and O–H groups in total. The fraction of sp³-hybridized carbons (Fsp3) is 0.214. The molecular formula is C14H15FN2OS. The molecule has 19 heavy (non-hydrogen) atoms. The molecule has 0 aliphatic rings. The van der Waals surface area contributed by atoms with Gasteiger partial charge >= 0.3 is 0 Å². The average molecular weight is 278 g/mol. The van der Waals surface area contributed by atoms with Crippen LogP contribution in [0.5, 0.6) is 0 Å². The highest BCUT2D eigenvalue weighted by Gasteiger charge is 2.10. The van der Waals surface area contributed by atoms with Crippen molar-refractivity contribution in [2.24, 2.45) is 5.73 Å². The van der Waals surface area contributed by atoms with Crippen molar-refractivity contribution in [2.75, 3.05) is 0 Å². The van der Waals surface area contributed by atoms with Crippen molar-refractivity contribution in [2.45, 2.75) is 19.5 Å². The molecule has 1 heterocycles. The van der Waals surface area contributed by atoms with E-state index in [1.807, 2.05) is 13.0 Å². The van der Waals surface area contributed by atoms with E-state index in [4.69, 9.17) is 5.73 Å². The summed E-state index contributed by atoms with van der Waals surface area (Å²) in [6.07, 6.45) is 0. The van der Waals surface area contributed by atoms with Crippen LogP contribution in [0.2, 0.25) is 0 Å². The number of nitrogens with two attached hydrogens (primary N) is 1. The first-order chi connectivity index (χ1) is 9.08. The number of carbonyl (C=O) groups excluding carboxylic acids is 1. The van der Waals surface area contributed by atoms with Gasteiger partial charge in [-0.25, -0.2) is 4.39 Å². The maximum Gasteiger partial charge on any atom is 0.249 e. The van der Waals surface area contributed by atoms with Gasteiger partial charge < -0.3 is 11.1 Å².